The molecule has 2 aromatic carbocycles. The van der Waals surface area contributed by atoms with Crippen LogP contribution >= 0.6 is 12.4 Å². The van der Waals surface area contributed by atoms with Gasteiger partial charge in [0.1, 0.15) is 18.7 Å². The third-order valence-corrected chi connectivity index (χ3v) is 4.85. The summed E-state index contributed by atoms with van der Waals surface area (Å²) in [6, 6.07) is 16.5. The van der Waals surface area contributed by atoms with Crippen LogP contribution in [-0.2, 0) is 32.1 Å². The van der Waals surface area contributed by atoms with Crippen molar-refractivity contribution in [2.75, 3.05) is 13.7 Å². The number of methoxy groups -OCH3 is 1. The van der Waals surface area contributed by atoms with Gasteiger partial charge in [-0.05, 0) is 24.0 Å². The van der Waals surface area contributed by atoms with Crippen molar-refractivity contribution in [2.45, 2.75) is 38.0 Å². The topological polar surface area (TPSA) is 158 Å². The van der Waals surface area contributed by atoms with Gasteiger partial charge in [-0.25, -0.2) is 9.59 Å². The predicted octanol–water partition coefficient (Wildman–Crippen LogP) is 1.66. The van der Waals surface area contributed by atoms with E-state index in [1.165, 1.54) is 7.11 Å². The van der Waals surface area contributed by atoms with Crippen LogP contribution in [0.3, 0.4) is 0 Å². The van der Waals surface area contributed by atoms with Gasteiger partial charge >= 0.3 is 12.1 Å². The lowest BCUT2D eigenvalue weighted by Gasteiger charge is -2.22. The van der Waals surface area contributed by atoms with Crippen LogP contribution in [0.2, 0.25) is 0 Å². The van der Waals surface area contributed by atoms with E-state index in [0.717, 1.165) is 11.1 Å². The minimum absolute atomic E-state index is 0. The molecule has 0 aliphatic heterocycles. The quantitative estimate of drug-likeness (QED) is 0.148. The average Bonchev–Trinajstić information content (AvgIpc) is 2.84. The molecule has 0 unspecified atom stereocenters. The number of carbonyl (C=O) groups is 3. The van der Waals surface area contributed by atoms with Crippen molar-refractivity contribution in [1.29, 1.82) is 0 Å². The number of nitrogens with two attached hydrogens (primary N) is 2. The fourth-order valence-corrected chi connectivity index (χ4v) is 3.13. The molecule has 0 bridgehead atoms. The molecule has 0 aliphatic carbocycles. The first-order chi connectivity index (χ1) is 16.4. The SMILES string of the molecule is COC(=O)[C@@H](CCCN=C(N)N)NC(=O)[C@@H](Cc1ccccc1)NC(=O)OCc1ccccc1.Cl. The Morgan fingerprint density at radius 3 is 2.09 bits per heavy atom. The Morgan fingerprint density at radius 1 is 0.914 bits per heavy atom. The molecule has 2 amide bonds. The summed E-state index contributed by atoms with van der Waals surface area (Å²) >= 11 is 0. The molecule has 0 saturated heterocycles. The minimum Gasteiger partial charge on any atom is -0.467 e. The van der Waals surface area contributed by atoms with Crippen molar-refractivity contribution in [2.24, 2.45) is 16.5 Å². The van der Waals surface area contributed by atoms with Crippen molar-refractivity contribution in [3.63, 3.8) is 0 Å². The van der Waals surface area contributed by atoms with Crippen LogP contribution < -0.4 is 22.1 Å². The standard InChI is InChI=1S/C24H31N5O5.ClH/c1-33-22(31)19(13-8-14-27-23(25)26)28-21(30)20(15-17-9-4-2-5-10-17)29-24(32)34-16-18-11-6-3-7-12-18;/h2-7,9-12,19-20H,8,13-16H2,1H3,(H,28,30)(H,29,32)(H4,25,26,27);1H/t19-,20-;/m1./s1. The van der Waals surface area contributed by atoms with Crippen LogP contribution in [0.25, 0.3) is 0 Å². The number of alkyl carbamates (subject to hydrolysis) is 1. The van der Waals surface area contributed by atoms with Gasteiger partial charge in [0.2, 0.25) is 5.91 Å². The van der Waals surface area contributed by atoms with Crippen LogP contribution in [0.5, 0.6) is 0 Å². The smallest absolute Gasteiger partial charge is 0.408 e. The van der Waals surface area contributed by atoms with E-state index in [-0.39, 0.29) is 37.8 Å². The molecular formula is C24H32ClN5O5. The lowest BCUT2D eigenvalue weighted by molar-refractivity contribution is -0.145. The second-order valence-corrected chi connectivity index (χ2v) is 7.48. The summed E-state index contributed by atoms with van der Waals surface area (Å²) in [4.78, 5) is 41.6. The highest BCUT2D eigenvalue weighted by atomic mass is 35.5. The Morgan fingerprint density at radius 2 is 1.51 bits per heavy atom. The summed E-state index contributed by atoms with van der Waals surface area (Å²) in [7, 11) is 1.23. The van der Waals surface area contributed by atoms with Gasteiger partial charge in [0, 0.05) is 13.0 Å². The molecule has 2 atom stereocenters. The number of hydrogen-bond acceptors (Lipinski definition) is 6. The van der Waals surface area contributed by atoms with Crippen molar-refractivity contribution < 1.29 is 23.9 Å². The molecule has 0 radical (unpaired) electrons. The van der Waals surface area contributed by atoms with Gasteiger partial charge < -0.3 is 31.6 Å². The first-order valence-corrected chi connectivity index (χ1v) is 10.8. The maximum Gasteiger partial charge on any atom is 0.408 e. The summed E-state index contributed by atoms with van der Waals surface area (Å²) in [6.45, 7) is 0.352. The number of ether oxygens (including phenoxy) is 2. The molecule has 2 rings (SSSR count). The van der Waals surface area contributed by atoms with E-state index in [9.17, 15) is 14.4 Å². The minimum atomic E-state index is -0.976. The molecule has 0 spiro atoms. The number of rotatable bonds is 12. The number of nitrogens with zero attached hydrogens (tertiary/aromatic N) is 1. The van der Waals surface area contributed by atoms with Gasteiger partial charge in [-0.3, -0.25) is 9.79 Å². The van der Waals surface area contributed by atoms with E-state index in [0.29, 0.717) is 13.0 Å². The largest absolute Gasteiger partial charge is 0.467 e. The molecule has 0 aliphatic rings. The fraction of sp³-hybridized carbons (Fsp3) is 0.333. The van der Waals surface area contributed by atoms with Gasteiger partial charge in [0.05, 0.1) is 7.11 Å². The number of carbonyl (C=O) groups excluding carboxylic acids is 3. The number of benzene rings is 2. The van der Waals surface area contributed by atoms with Crippen molar-refractivity contribution in [3.05, 3.63) is 71.8 Å². The van der Waals surface area contributed by atoms with E-state index in [1.807, 2.05) is 60.7 Å². The zero-order valence-corrected chi connectivity index (χ0v) is 20.3. The number of esters is 1. The lowest BCUT2D eigenvalue weighted by atomic mass is 10.0. The number of hydrogen-bond donors (Lipinski definition) is 4. The molecule has 6 N–H and O–H groups in total. The highest BCUT2D eigenvalue weighted by Gasteiger charge is 2.27. The summed E-state index contributed by atoms with van der Waals surface area (Å²) in [5, 5.41) is 5.26. The van der Waals surface area contributed by atoms with Crippen LogP contribution in [0.15, 0.2) is 65.7 Å². The van der Waals surface area contributed by atoms with E-state index >= 15 is 0 Å². The average molecular weight is 506 g/mol. The third kappa shape index (κ3) is 11.3. The molecule has 0 saturated carbocycles. The summed E-state index contributed by atoms with van der Waals surface area (Å²) < 4.78 is 10.1. The fourth-order valence-electron chi connectivity index (χ4n) is 3.13. The zero-order chi connectivity index (χ0) is 24.8. The van der Waals surface area contributed by atoms with Crippen molar-refractivity contribution in [3.8, 4) is 0 Å². The number of aliphatic imine (C=N–C) groups is 1. The number of amides is 2. The van der Waals surface area contributed by atoms with Crippen LogP contribution in [0.1, 0.15) is 24.0 Å². The highest BCUT2D eigenvalue weighted by Crippen LogP contribution is 2.07. The normalized spacial score (nSPS) is 11.7. The first-order valence-electron chi connectivity index (χ1n) is 10.8. The molecule has 0 heterocycles. The van der Waals surface area contributed by atoms with Gasteiger partial charge in [0.15, 0.2) is 5.96 Å². The van der Waals surface area contributed by atoms with Crippen molar-refractivity contribution in [1.82, 2.24) is 10.6 Å². The Bertz CT molecular complexity index is 955. The zero-order valence-electron chi connectivity index (χ0n) is 19.5. The second-order valence-electron chi connectivity index (χ2n) is 7.48. The van der Waals surface area contributed by atoms with E-state index in [1.54, 1.807) is 0 Å². The molecule has 0 aromatic heterocycles. The van der Waals surface area contributed by atoms with E-state index in [4.69, 9.17) is 20.9 Å². The monoisotopic (exact) mass is 505 g/mol. The number of nitrogens with one attached hydrogen (secondary N) is 2. The van der Waals surface area contributed by atoms with E-state index < -0.39 is 30.1 Å². The molecule has 35 heavy (non-hydrogen) atoms. The Balaban J connectivity index is 0.00000612. The highest BCUT2D eigenvalue weighted by molar-refractivity contribution is 5.89. The van der Waals surface area contributed by atoms with Crippen molar-refractivity contribution >= 4 is 36.3 Å². The Kier molecular flexibility index (Phi) is 13.3. The molecular weight excluding hydrogens is 474 g/mol. The summed E-state index contributed by atoms with van der Waals surface area (Å²) in [5.41, 5.74) is 12.3. The molecule has 2 aromatic rings. The number of guanidine groups is 1. The Hall–Kier alpha value is -3.79. The molecule has 11 heteroatoms. The maximum atomic E-state index is 13.1. The van der Waals surface area contributed by atoms with Crippen LogP contribution in [0, 0.1) is 0 Å². The van der Waals surface area contributed by atoms with Crippen LogP contribution in [-0.4, -0.2) is 49.7 Å². The van der Waals surface area contributed by atoms with E-state index in [2.05, 4.69) is 15.6 Å². The predicted molar refractivity (Wildman–Crippen MR) is 135 cm³/mol. The second kappa shape index (κ2) is 15.9. The van der Waals surface area contributed by atoms with Crippen LogP contribution in [0.4, 0.5) is 4.79 Å². The van der Waals surface area contributed by atoms with Gasteiger partial charge in [-0.2, -0.15) is 0 Å². The molecule has 190 valence electrons. The third-order valence-electron chi connectivity index (χ3n) is 4.85. The van der Waals surface area contributed by atoms with Gasteiger partial charge in [-0.1, -0.05) is 60.7 Å². The Labute approximate surface area is 210 Å². The number of halogens is 1. The lowest BCUT2D eigenvalue weighted by Crippen LogP contribution is -2.52. The van der Waals surface area contributed by atoms with Gasteiger partial charge in [-0.15, -0.1) is 12.4 Å². The summed E-state index contributed by atoms with van der Waals surface area (Å²) in [6.07, 6.45) is 0.150. The maximum absolute atomic E-state index is 13.1. The first kappa shape index (κ1) is 29.2. The molecule has 10 nitrogen and oxygen atoms in total. The molecule has 0 fully saturated rings. The summed E-state index contributed by atoms with van der Waals surface area (Å²) in [5.74, 6) is -1.21. The van der Waals surface area contributed by atoms with Gasteiger partial charge in [0.25, 0.3) is 0 Å².